The number of para-hydroxylation sites is 1. The Morgan fingerprint density at radius 2 is 2.04 bits per heavy atom. The third-order valence-corrected chi connectivity index (χ3v) is 4.70. The predicted octanol–water partition coefficient (Wildman–Crippen LogP) is 3.00. The van der Waals surface area contributed by atoms with E-state index in [1.54, 1.807) is 35.3 Å². The molecule has 1 saturated heterocycles. The van der Waals surface area contributed by atoms with Gasteiger partial charge in [0.2, 0.25) is 0 Å². The van der Waals surface area contributed by atoms with E-state index in [9.17, 15) is 9.90 Å². The van der Waals surface area contributed by atoms with Crippen LogP contribution in [0.1, 0.15) is 29.0 Å². The lowest BCUT2D eigenvalue weighted by atomic mass is 9.98. The van der Waals surface area contributed by atoms with Gasteiger partial charge in [-0.25, -0.2) is 14.5 Å². The van der Waals surface area contributed by atoms with Gasteiger partial charge in [-0.05, 0) is 43.0 Å². The lowest BCUT2D eigenvalue weighted by Crippen LogP contribution is -2.21. The molecule has 1 aromatic carbocycles. The second-order valence-electron chi connectivity index (χ2n) is 6.61. The Morgan fingerprint density at radius 3 is 2.78 bits per heavy atom. The average Bonchev–Trinajstić information content (AvgIpc) is 3.13. The number of carboxylic acids is 1. The van der Waals surface area contributed by atoms with Crippen LogP contribution in [0.15, 0.2) is 48.8 Å². The van der Waals surface area contributed by atoms with Crippen LogP contribution in [-0.4, -0.2) is 44.0 Å². The van der Waals surface area contributed by atoms with Crippen LogP contribution in [0, 0.1) is 5.92 Å². The SMILES string of the molecule is O=C(O)c1ccccc1-n1nc(-c2ccncc2)nc1C[C@@H]1CCCOC1. The van der Waals surface area contributed by atoms with Gasteiger partial charge < -0.3 is 9.84 Å². The molecule has 138 valence electrons. The third-order valence-electron chi connectivity index (χ3n) is 4.70. The molecular weight excluding hydrogens is 344 g/mol. The summed E-state index contributed by atoms with van der Waals surface area (Å²) in [5.41, 5.74) is 1.56. The van der Waals surface area contributed by atoms with Crippen LogP contribution in [0.2, 0.25) is 0 Å². The zero-order valence-electron chi connectivity index (χ0n) is 14.8. The molecule has 2 aromatic heterocycles. The van der Waals surface area contributed by atoms with Crippen LogP contribution in [0.4, 0.5) is 0 Å². The van der Waals surface area contributed by atoms with Gasteiger partial charge in [0.05, 0.1) is 11.3 Å². The number of aromatic nitrogens is 4. The Kier molecular flexibility index (Phi) is 4.93. The van der Waals surface area contributed by atoms with E-state index in [4.69, 9.17) is 9.72 Å². The summed E-state index contributed by atoms with van der Waals surface area (Å²) in [4.78, 5) is 20.4. The van der Waals surface area contributed by atoms with Crippen molar-refractivity contribution in [1.82, 2.24) is 19.7 Å². The predicted molar refractivity (Wildman–Crippen MR) is 98.8 cm³/mol. The van der Waals surface area contributed by atoms with E-state index >= 15 is 0 Å². The molecule has 1 aliphatic rings. The van der Waals surface area contributed by atoms with Crippen LogP contribution < -0.4 is 0 Å². The second-order valence-corrected chi connectivity index (χ2v) is 6.61. The summed E-state index contributed by atoms with van der Waals surface area (Å²) < 4.78 is 7.25. The highest BCUT2D eigenvalue weighted by molar-refractivity contribution is 5.91. The van der Waals surface area contributed by atoms with Gasteiger partial charge in [-0.3, -0.25) is 4.98 Å². The van der Waals surface area contributed by atoms with Gasteiger partial charge in [0.15, 0.2) is 5.82 Å². The molecule has 0 saturated carbocycles. The standard InChI is InChI=1S/C20H20N4O3/c25-20(26)16-5-1-2-6-17(16)24-18(12-14-4-3-11-27-13-14)22-19(23-24)15-7-9-21-10-8-15/h1-2,5-10,14H,3-4,11-13H2,(H,25,26)/t14-/m0/s1. The number of carbonyl (C=O) groups is 1. The van der Waals surface area contributed by atoms with E-state index in [1.165, 1.54) is 0 Å². The maximum absolute atomic E-state index is 11.7. The lowest BCUT2D eigenvalue weighted by molar-refractivity contribution is 0.0541. The first-order valence-corrected chi connectivity index (χ1v) is 8.99. The van der Waals surface area contributed by atoms with Crippen LogP contribution in [-0.2, 0) is 11.2 Å². The molecular formula is C20H20N4O3. The molecule has 1 N–H and O–H groups in total. The van der Waals surface area contributed by atoms with E-state index in [1.807, 2.05) is 18.2 Å². The number of nitrogens with zero attached hydrogens (tertiary/aromatic N) is 4. The largest absolute Gasteiger partial charge is 0.478 e. The molecule has 27 heavy (non-hydrogen) atoms. The summed E-state index contributed by atoms with van der Waals surface area (Å²) in [7, 11) is 0. The van der Waals surface area contributed by atoms with E-state index in [-0.39, 0.29) is 5.56 Å². The van der Waals surface area contributed by atoms with Crippen LogP contribution in [0.25, 0.3) is 17.1 Å². The molecule has 7 nitrogen and oxygen atoms in total. The minimum atomic E-state index is -0.987. The Balaban J connectivity index is 1.79. The van der Waals surface area contributed by atoms with Crippen molar-refractivity contribution in [3.8, 4) is 17.1 Å². The average molecular weight is 364 g/mol. The third kappa shape index (κ3) is 3.73. The molecule has 1 fully saturated rings. The highest BCUT2D eigenvalue weighted by atomic mass is 16.5. The van der Waals surface area contributed by atoms with Crippen LogP contribution >= 0.6 is 0 Å². The zero-order valence-corrected chi connectivity index (χ0v) is 14.8. The Bertz CT molecular complexity index is 933. The summed E-state index contributed by atoms with van der Waals surface area (Å²) in [6.45, 7) is 1.49. The topological polar surface area (TPSA) is 90.1 Å². The van der Waals surface area contributed by atoms with Gasteiger partial charge in [0.25, 0.3) is 0 Å². The number of pyridine rings is 1. The second kappa shape index (κ2) is 7.67. The molecule has 0 radical (unpaired) electrons. The molecule has 0 unspecified atom stereocenters. The minimum absolute atomic E-state index is 0.199. The lowest BCUT2D eigenvalue weighted by Gasteiger charge is -2.21. The highest BCUT2D eigenvalue weighted by Crippen LogP contribution is 2.24. The van der Waals surface area contributed by atoms with Crippen molar-refractivity contribution in [2.45, 2.75) is 19.3 Å². The highest BCUT2D eigenvalue weighted by Gasteiger charge is 2.22. The molecule has 7 heteroatoms. The maximum atomic E-state index is 11.7. The van der Waals surface area contributed by atoms with Crippen molar-refractivity contribution < 1.29 is 14.6 Å². The van der Waals surface area contributed by atoms with E-state index in [2.05, 4.69) is 10.1 Å². The van der Waals surface area contributed by atoms with Crippen molar-refractivity contribution in [3.63, 3.8) is 0 Å². The van der Waals surface area contributed by atoms with Gasteiger partial charge in [-0.2, -0.15) is 0 Å². The Labute approximate surface area is 156 Å². The number of hydrogen-bond donors (Lipinski definition) is 1. The van der Waals surface area contributed by atoms with Crippen molar-refractivity contribution in [2.24, 2.45) is 5.92 Å². The Hall–Kier alpha value is -3.06. The normalized spacial score (nSPS) is 17.0. The number of hydrogen-bond acceptors (Lipinski definition) is 5. The van der Waals surface area contributed by atoms with Crippen molar-refractivity contribution in [1.29, 1.82) is 0 Å². The molecule has 1 atom stereocenters. The van der Waals surface area contributed by atoms with Crippen LogP contribution in [0.5, 0.6) is 0 Å². The number of carboxylic acid groups (broad SMARTS) is 1. The van der Waals surface area contributed by atoms with Gasteiger partial charge in [0, 0.05) is 37.6 Å². The molecule has 0 amide bonds. The molecule has 1 aliphatic heterocycles. The smallest absolute Gasteiger partial charge is 0.337 e. The van der Waals surface area contributed by atoms with Crippen molar-refractivity contribution >= 4 is 5.97 Å². The molecule has 3 heterocycles. The summed E-state index contributed by atoms with van der Waals surface area (Å²) in [5, 5.41) is 14.2. The van der Waals surface area contributed by atoms with Crippen molar-refractivity contribution in [2.75, 3.05) is 13.2 Å². The van der Waals surface area contributed by atoms with Gasteiger partial charge >= 0.3 is 5.97 Å². The summed E-state index contributed by atoms with van der Waals surface area (Å²) in [6, 6.07) is 10.5. The summed E-state index contributed by atoms with van der Waals surface area (Å²) in [6.07, 6.45) is 6.16. The monoisotopic (exact) mass is 364 g/mol. The molecule has 0 aliphatic carbocycles. The minimum Gasteiger partial charge on any atom is -0.478 e. The van der Waals surface area contributed by atoms with E-state index in [0.717, 1.165) is 30.8 Å². The molecule has 4 rings (SSSR count). The first-order valence-electron chi connectivity index (χ1n) is 8.99. The van der Waals surface area contributed by atoms with Crippen molar-refractivity contribution in [3.05, 3.63) is 60.2 Å². The molecule has 3 aromatic rings. The maximum Gasteiger partial charge on any atom is 0.337 e. The molecule has 0 bridgehead atoms. The van der Waals surface area contributed by atoms with Gasteiger partial charge in [-0.15, -0.1) is 5.10 Å². The van der Waals surface area contributed by atoms with Crippen LogP contribution in [0.3, 0.4) is 0 Å². The fourth-order valence-electron chi connectivity index (χ4n) is 3.36. The van der Waals surface area contributed by atoms with Gasteiger partial charge in [-0.1, -0.05) is 12.1 Å². The first-order chi connectivity index (χ1) is 13.2. The summed E-state index contributed by atoms with van der Waals surface area (Å²) >= 11 is 0. The zero-order chi connectivity index (χ0) is 18.6. The van der Waals surface area contributed by atoms with E-state index < -0.39 is 5.97 Å². The number of aromatic carboxylic acids is 1. The number of benzene rings is 1. The number of rotatable bonds is 5. The fourth-order valence-corrected chi connectivity index (χ4v) is 3.36. The summed E-state index contributed by atoms with van der Waals surface area (Å²) in [5.74, 6) is 0.665. The number of ether oxygens (including phenoxy) is 1. The fraction of sp³-hybridized carbons (Fsp3) is 0.300. The quantitative estimate of drug-likeness (QED) is 0.748. The first kappa shape index (κ1) is 17.4. The molecule has 0 spiro atoms. The van der Waals surface area contributed by atoms with E-state index in [0.29, 0.717) is 30.5 Å². The Morgan fingerprint density at radius 1 is 1.22 bits per heavy atom. The van der Waals surface area contributed by atoms with Gasteiger partial charge in [0.1, 0.15) is 5.82 Å².